The van der Waals surface area contributed by atoms with E-state index in [0.717, 1.165) is 5.56 Å². The van der Waals surface area contributed by atoms with E-state index in [9.17, 15) is 8.78 Å². The van der Waals surface area contributed by atoms with Gasteiger partial charge < -0.3 is 5.32 Å². The first-order valence-corrected chi connectivity index (χ1v) is 7.36. The lowest BCUT2D eigenvalue weighted by Crippen LogP contribution is -2.29. The molecule has 19 heavy (non-hydrogen) atoms. The molecule has 0 amide bonds. The summed E-state index contributed by atoms with van der Waals surface area (Å²) in [4.78, 5) is 0. The molecule has 0 bridgehead atoms. The van der Waals surface area contributed by atoms with Gasteiger partial charge in [0.05, 0.1) is 0 Å². The number of alkyl halides is 2. The lowest BCUT2D eigenvalue weighted by Gasteiger charge is -2.21. The second kappa shape index (κ2) is 7.59. The van der Waals surface area contributed by atoms with Crippen LogP contribution in [0.1, 0.15) is 62.5 Å². The minimum atomic E-state index is -2.37. The van der Waals surface area contributed by atoms with Crippen LogP contribution >= 0.6 is 0 Å². The summed E-state index contributed by atoms with van der Waals surface area (Å²) in [5.41, 5.74) is 1.08. The van der Waals surface area contributed by atoms with Gasteiger partial charge in [-0.1, -0.05) is 50.3 Å². The fraction of sp³-hybridized carbons (Fsp3) is 0.625. The summed E-state index contributed by atoms with van der Waals surface area (Å²) in [7, 11) is 0. The molecule has 3 heteroatoms. The van der Waals surface area contributed by atoms with Crippen LogP contribution in [0.15, 0.2) is 24.3 Å². The van der Waals surface area contributed by atoms with Crippen molar-refractivity contribution < 1.29 is 8.78 Å². The van der Waals surface area contributed by atoms with Crippen LogP contribution in [0.25, 0.3) is 0 Å². The Morgan fingerprint density at radius 2 is 1.74 bits per heavy atom. The molecule has 1 aliphatic rings. The van der Waals surface area contributed by atoms with E-state index >= 15 is 0 Å². The Labute approximate surface area is 114 Å². The highest BCUT2D eigenvalue weighted by molar-refractivity contribution is 5.24. The third kappa shape index (κ3) is 4.90. The standard InChI is InChI=1S/C16H23F2N/c17-16(18)14-8-6-7-13(11-14)12-19-15-9-4-2-1-3-5-10-15/h6-8,11,15-16,19H,1-5,9-10,12H2. The van der Waals surface area contributed by atoms with Crippen LogP contribution in [0.3, 0.4) is 0 Å². The summed E-state index contributed by atoms with van der Waals surface area (Å²) in [5.74, 6) is 0. The largest absolute Gasteiger partial charge is 0.310 e. The van der Waals surface area contributed by atoms with E-state index in [1.165, 1.54) is 51.0 Å². The monoisotopic (exact) mass is 267 g/mol. The third-order valence-corrected chi connectivity index (χ3v) is 3.90. The zero-order valence-corrected chi connectivity index (χ0v) is 11.4. The van der Waals surface area contributed by atoms with E-state index < -0.39 is 6.43 Å². The summed E-state index contributed by atoms with van der Waals surface area (Å²) < 4.78 is 25.2. The molecule has 1 saturated carbocycles. The van der Waals surface area contributed by atoms with Gasteiger partial charge in [0, 0.05) is 18.2 Å². The molecule has 1 aliphatic carbocycles. The number of rotatable bonds is 4. The summed E-state index contributed by atoms with van der Waals surface area (Å²) in [6.07, 6.45) is 6.66. The Bertz CT molecular complexity index is 371. The van der Waals surface area contributed by atoms with E-state index in [1.807, 2.05) is 6.07 Å². The van der Waals surface area contributed by atoms with Gasteiger partial charge in [0.1, 0.15) is 0 Å². The Balaban J connectivity index is 1.85. The molecule has 1 fully saturated rings. The number of nitrogens with one attached hydrogen (secondary N) is 1. The predicted octanol–water partition coefficient (Wildman–Crippen LogP) is 4.83. The molecule has 0 aliphatic heterocycles. The first-order chi connectivity index (χ1) is 9.25. The Morgan fingerprint density at radius 3 is 2.42 bits per heavy atom. The zero-order valence-electron chi connectivity index (χ0n) is 11.4. The average Bonchev–Trinajstić information content (AvgIpc) is 2.38. The van der Waals surface area contributed by atoms with Gasteiger partial charge in [-0.2, -0.15) is 0 Å². The van der Waals surface area contributed by atoms with Crippen molar-refractivity contribution in [2.75, 3.05) is 0 Å². The quantitative estimate of drug-likeness (QED) is 0.824. The van der Waals surface area contributed by atoms with Crippen LogP contribution in [0.5, 0.6) is 0 Å². The molecule has 0 heterocycles. The molecule has 0 atom stereocenters. The van der Waals surface area contributed by atoms with Crippen LogP contribution in [-0.2, 0) is 6.54 Å². The van der Waals surface area contributed by atoms with Gasteiger partial charge in [0.2, 0.25) is 0 Å². The highest BCUT2D eigenvalue weighted by Crippen LogP contribution is 2.20. The molecule has 1 N–H and O–H groups in total. The van der Waals surface area contributed by atoms with Crippen molar-refractivity contribution in [3.05, 3.63) is 35.4 Å². The van der Waals surface area contributed by atoms with Crippen molar-refractivity contribution in [1.82, 2.24) is 5.32 Å². The molecule has 0 saturated heterocycles. The molecular formula is C16H23F2N. The first kappa shape index (κ1) is 14.4. The molecule has 1 aromatic carbocycles. The van der Waals surface area contributed by atoms with E-state index in [4.69, 9.17) is 0 Å². The first-order valence-electron chi connectivity index (χ1n) is 7.36. The van der Waals surface area contributed by atoms with Gasteiger partial charge in [-0.3, -0.25) is 0 Å². The van der Waals surface area contributed by atoms with Gasteiger partial charge in [-0.05, 0) is 24.5 Å². The molecule has 0 unspecified atom stereocenters. The van der Waals surface area contributed by atoms with Crippen LogP contribution < -0.4 is 5.32 Å². The number of halogens is 2. The number of hydrogen-bond donors (Lipinski definition) is 1. The normalized spacial score (nSPS) is 18.3. The van der Waals surface area contributed by atoms with Crippen LogP contribution in [0.4, 0.5) is 8.78 Å². The second-order valence-electron chi connectivity index (χ2n) is 5.47. The molecule has 0 aromatic heterocycles. The molecule has 1 aromatic rings. The van der Waals surface area contributed by atoms with Gasteiger partial charge in [0.25, 0.3) is 6.43 Å². The van der Waals surface area contributed by atoms with Crippen molar-refractivity contribution in [1.29, 1.82) is 0 Å². The molecular weight excluding hydrogens is 244 g/mol. The Hall–Kier alpha value is -0.960. The van der Waals surface area contributed by atoms with Gasteiger partial charge in [0.15, 0.2) is 0 Å². The fourth-order valence-electron chi connectivity index (χ4n) is 2.76. The molecule has 0 radical (unpaired) electrons. The number of hydrogen-bond acceptors (Lipinski definition) is 1. The van der Waals surface area contributed by atoms with Crippen molar-refractivity contribution in [2.24, 2.45) is 0 Å². The Morgan fingerprint density at radius 1 is 1.05 bits per heavy atom. The molecule has 0 spiro atoms. The Kier molecular flexibility index (Phi) is 5.77. The summed E-state index contributed by atoms with van der Waals surface area (Å²) in [6.45, 7) is 0.700. The van der Waals surface area contributed by atoms with Crippen molar-refractivity contribution in [3.8, 4) is 0 Å². The lowest BCUT2D eigenvalue weighted by atomic mass is 9.96. The molecule has 1 nitrogen and oxygen atoms in total. The molecule has 106 valence electrons. The number of benzene rings is 1. The van der Waals surface area contributed by atoms with Crippen molar-refractivity contribution in [2.45, 2.75) is 64.0 Å². The average molecular weight is 267 g/mol. The van der Waals surface area contributed by atoms with E-state index in [0.29, 0.717) is 12.6 Å². The maximum Gasteiger partial charge on any atom is 0.263 e. The van der Waals surface area contributed by atoms with Gasteiger partial charge in [-0.25, -0.2) is 8.78 Å². The third-order valence-electron chi connectivity index (χ3n) is 3.90. The van der Waals surface area contributed by atoms with E-state index in [-0.39, 0.29) is 5.56 Å². The van der Waals surface area contributed by atoms with E-state index in [1.54, 1.807) is 12.1 Å². The topological polar surface area (TPSA) is 12.0 Å². The highest BCUT2D eigenvalue weighted by atomic mass is 19.3. The van der Waals surface area contributed by atoms with Crippen molar-refractivity contribution in [3.63, 3.8) is 0 Å². The minimum Gasteiger partial charge on any atom is -0.310 e. The molecule has 2 rings (SSSR count). The fourth-order valence-corrected chi connectivity index (χ4v) is 2.76. The summed E-state index contributed by atoms with van der Waals surface area (Å²) >= 11 is 0. The van der Waals surface area contributed by atoms with Crippen LogP contribution in [-0.4, -0.2) is 6.04 Å². The summed E-state index contributed by atoms with van der Waals surface area (Å²) in [6, 6.07) is 7.29. The minimum absolute atomic E-state index is 0.122. The van der Waals surface area contributed by atoms with Crippen molar-refractivity contribution >= 4 is 0 Å². The maximum atomic E-state index is 12.6. The van der Waals surface area contributed by atoms with Gasteiger partial charge in [-0.15, -0.1) is 0 Å². The second-order valence-corrected chi connectivity index (χ2v) is 5.47. The lowest BCUT2D eigenvalue weighted by molar-refractivity contribution is 0.151. The smallest absolute Gasteiger partial charge is 0.263 e. The maximum absolute atomic E-state index is 12.6. The van der Waals surface area contributed by atoms with Crippen LogP contribution in [0, 0.1) is 0 Å². The zero-order chi connectivity index (χ0) is 13.5. The predicted molar refractivity (Wildman–Crippen MR) is 74.3 cm³/mol. The van der Waals surface area contributed by atoms with Gasteiger partial charge >= 0.3 is 0 Å². The SMILES string of the molecule is FC(F)c1cccc(CNC2CCCCCCC2)c1. The van der Waals surface area contributed by atoms with Crippen LogP contribution in [0.2, 0.25) is 0 Å². The van der Waals surface area contributed by atoms with E-state index in [2.05, 4.69) is 5.32 Å². The highest BCUT2D eigenvalue weighted by Gasteiger charge is 2.11. The summed E-state index contributed by atoms with van der Waals surface area (Å²) in [5, 5.41) is 3.53.